The van der Waals surface area contributed by atoms with Crippen LogP contribution in [0.5, 0.6) is 0 Å². The van der Waals surface area contributed by atoms with E-state index in [1.807, 2.05) is 12.1 Å². The standard InChI is InChI=1S/C22H22NOP/c1-22(2,3)15-9-11-20-18(13-15)19-14-17(25-24)10-12-21(19)23(20)16-7-5-4-6-8-16/h4-14,24-25H,1-3H3. The maximum Gasteiger partial charge on any atom is 0.0541 e. The molecule has 1 atom stereocenters. The van der Waals surface area contributed by atoms with Gasteiger partial charge < -0.3 is 9.46 Å². The molecule has 25 heavy (non-hydrogen) atoms. The van der Waals surface area contributed by atoms with Crippen molar-refractivity contribution in [3.63, 3.8) is 0 Å². The molecule has 0 aliphatic heterocycles. The van der Waals surface area contributed by atoms with Crippen LogP contribution in [-0.4, -0.2) is 9.46 Å². The van der Waals surface area contributed by atoms with Crippen LogP contribution in [0.4, 0.5) is 0 Å². The fourth-order valence-corrected chi connectivity index (χ4v) is 3.78. The van der Waals surface area contributed by atoms with E-state index in [1.54, 1.807) is 0 Å². The summed E-state index contributed by atoms with van der Waals surface area (Å²) in [4.78, 5) is 9.60. The summed E-state index contributed by atoms with van der Waals surface area (Å²) in [5.41, 5.74) is 4.96. The van der Waals surface area contributed by atoms with Crippen molar-refractivity contribution >= 4 is 35.9 Å². The maximum atomic E-state index is 9.60. The minimum atomic E-state index is -0.183. The van der Waals surface area contributed by atoms with Crippen molar-refractivity contribution in [2.45, 2.75) is 26.2 Å². The number of nitrogens with zero attached hydrogens (tertiary/aromatic N) is 1. The Hall–Kier alpha value is -2.15. The zero-order valence-corrected chi connectivity index (χ0v) is 15.7. The first-order chi connectivity index (χ1) is 12.0. The van der Waals surface area contributed by atoms with Gasteiger partial charge in [-0.25, -0.2) is 0 Å². The predicted octanol–water partition coefficient (Wildman–Crippen LogP) is 5.29. The fourth-order valence-electron chi connectivity index (χ4n) is 3.41. The van der Waals surface area contributed by atoms with E-state index in [-0.39, 0.29) is 14.2 Å². The van der Waals surface area contributed by atoms with Crippen molar-refractivity contribution in [1.82, 2.24) is 4.57 Å². The third-order valence-corrected chi connectivity index (χ3v) is 5.34. The van der Waals surface area contributed by atoms with Gasteiger partial charge in [-0.05, 0) is 52.7 Å². The molecule has 0 saturated heterocycles. The number of rotatable bonds is 2. The van der Waals surface area contributed by atoms with Gasteiger partial charge in [0.25, 0.3) is 0 Å². The van der Waals surface area contributed by atoms with Crippen LogP contribution in [0.2, 0.25) is 0 Å². The molecule has 2 nitrogen and oxygen atoms in total. The molecular weight excluding hydrogens is 325 g/mol. The molecule has 3 heteroatoms. The highest BCUT2D eigenvalue weighted by Crippen LogP contribution is 2.35. The van der Waals surface area contributed by atoms with Gasteiger partial charge >= 0.3 is 0 Å². The van der Waals surface area contributed by atoms with Crippen LogP contribution < -0.4 is 5.30 Å². The molecule has 0 amide bonds. The van der Waals surface area contributed by atoms with E-state index in [0.29, 0.717) is 0 Å². The van der Waals surface area contributed by atoms with Crippen molar-refractivity contribution in [2.75, 3.05) is 0 Å². The summed E-state index contributed by atoms with van der Waals surface area (Å²) in [7, 11) is -0.183. The van der Waals surface area contributed by atoms with Crippen molar-refractivity contribution in [3.8, 4) is 5.69 Å². The summed E-state index contributed by atoms with van der Waals surface area (Å²) in [6, 6.07) is 23.5. The molecule has 0 radical (unpaired) electrons. The average Bonchev–Trinajstić information content (AvgIpc) is 2.94. The summed E-state index contributed by atoms with van der Waals surface area (Å²) >= 11 is 0. The van der Waals surface area contributed by atoms with Gasteiger partial charge in [-0.1, -0.05) is 51.1 Å². The molecule has 0 aliphatic carbocycles. The smallest absolute Gasteiger partial charge is 0.0541 e. The quantitative estimate of drug-likeness (QED) is 0.490. The normalized spacial score (nSPS) is 12.6. The Labute approximate surface area is 150 Å². The summed E-state index contributed by atoms with van der Waals surface area (Å²) in [6.07, 6.45) is 0. The molecule has 4 rings (SSSR count). The van der Waals surface area contributed by atoms with E-state index >= 15 is 0 Å². The highest BCUT2D eigenvalue weighted by Gasteiger charge is 2.18. The third kappa shape index (κ3) is 2.76. The van der Waals surface area contributed by atoms with Crippen LogP contribution in [0.3, 0.4) is 0 Å². The monoisotopic (exact) mass is 347 g/mol. The molecule has 1 heterocycles. The van der Waals surface area contributed by atoms with E-state index in [0.717, 1.165) is 11.0 Å². The zero-order chi connectivity index (χ0) is 17.6. The number of fused-ring (bicyclic) bond motifs is 3. The van der Waals surface area contributed by atoms with Crippen LogP contribution in [0, 0.1) is 0 Å². The van der Waals surface area contributed by atoms with Gasteiger partial charge in [0.15, 0.2) is 0 Å². The molecule has 0 spiro atoms. The second kappa shape index (κ2) is 5.98. The van der Waals surface area contributed by atoms with E-state index in [2.05, 4.69) is 79.9 Å². The van der Waals surface area contributed by atoms with Gasteiger partial charge in [-0.2, -0.15) is 0 Å². The van der Waals surface area contributed by atoms with Crippen LogP contribution >= 0.6 is 8.81 Å². The second-order valence-electron chi connectivity index (χ2n) is 7.50. The van der Waals surface area contributed by atoms with E-state index in [9.17, 15) is 4.89 Å². The molecule has 0 saturated carbocycles. The Kier molecular flexibility index (Phi) is 3.91. The Balaban J connectivity index is 2.13. The van der Waals surface area contributed by atoms with Crippen LogP contribution in [0.25, 0.3) is 27.5 Å². The van der Waals surface area contributed by atoms with E-state index < -0.39 is 0 Å². The van der Waals surface area contributed by atoms with Gasteiger partial charge in [0, 0.05) is 25.3 Å². The molecule has 126 valence electrons. The minimum Gasteiger partial charge on any atom is -0.372 e. The first-order valence-corrected chi connectivity index (χ1v) is 9.48. The van der Waals surface area contributed by atoms with Crippen molar-refractivity contribution in [2.24, 2.45) is 0 Å². The summed E-state index contributed by atoms with van der Waals surface area (Å²) in [6.45, 7) is 6.72. The van der Waals surface area contributed by atoms with Gasteiger partial charge in [-0.15, -0.1) is 0 Å². The number of para-hydroxylation sites is 1. The Morgan fingerprint density at radius 2 is 1.44 bits per heavy atom. The predicted molar refractivity (Wildman–Crippen MR) is 110 cm³/mol. The van der Waals surface area contributed by atoms with Crippen LogP contribution in [0.1, 0.15) is 26.3 Å². The average molecular weight is 347 g/mol. The maximum absolute atomic E-state index is 9.60. The van der Waals surface area contributed by atoms with Crippen molar-refractivity contribution < 1.29 is 4.89 Å². The lowest BCUT2D eigenvalue weighted by atomic mass is 9.86. The Morgan fingerprint density at radius 1 is 0.800 bits per heavy atom. The third-order valence-electron chi connectivity index (χ3n) is 4.77. The Bertz CT molecular complexity index is 1060. The second-order valence-corrected chi connectivity index (χ2v) is 8.30. The van der Waals surface area contributed by atoms with Crippen molar-refractivity contribution in [3.05, 3.63) is 72.3 Å². The highest BCUT2D eigenvalue weighted by molar-refractivity contribution is 7.40. The number of aromatic nitrogens is 1. The number of benzene rings is 3. The van der Waals surface area contributed by atoms with E-state index in [4.69, 9.17) is 0 Å². The number of hydrogen-bond donors (Lipinski definition) is 1. The molecule has 0 fully saturated rings. The first kappa shape index (κ1) is 16.3. The minimum absolute atomic E-state index is 0.103. The largest absolute Gasteiger partial charge is 0.372 e. The van der Waals surface area contributed by atoms with Crippen LogP contribution in [0.15, 0.2) is 66.7 Å². The summed E-state index contributed by atoms with van der Waals surface area (Å²) in [5.74, 6) is 0. The molecule has 0 bridgehead atoms. The molecule has 1 N–H and O–H groups in total. The lowest BCUT2D eigenvalue weighted by molar-refractivity contribution is 0.591. The first-order valence-electron chi connectivity index (χ1n) is 8.53. The lowest BCUT2D eigenvalue weighted by Gasteiger charge is -2.19. The molecule has 1 aromatic heterocycles. The number of hydrogen-bond acceptors (Lipinski definition) is 1. The van der Waals surface area contributed by atoms with Gasteiger partial charge in [-0.3, -0.25) is 0 Å². The highest BCUT2D eigenvalue weighted by atomic mass is 31.1. The lowest BCUT2D eigenvalue weighted by Crippen LogP contribution is -2.10. The van der Waals surface area contributed by atoms with Gasteiger partial charge in [0.1, 0.15) is 0 Å². The van der Waals surface area contributed by atoms with E-state index in [1.165, 1.54) is 27.4 Å². The van der Waals surface area contributed by atoms with Gasteiger partial charge in [0.05, 0.1) is 11.0 Å². The molecule has 3 aromatic carbocycles. The SMILES string of the molecule is CC(C)(C)c1ccc2c(c1)c1cc(PO)ccc1n2-c1ccccc1. The Morgan fingerprint density at radius 3 is 2.08 bits per heavy atom. The summed E-state index contributed by atoms with van der Waals surface area (Å²) < 4.78 is 2.31. The molecular formula is C22H22NOP. The molecule has 1 unspecified atom stereocenters. The molecule has 0 aliphatic rings. The molecule has 4 aromatic rings. The zero-order valence-electron chi connectivity index (χ0n) is 14.7. The van der Waals surface area contributed by atoms with Crippen LogP contribution in [-0.2, 0) is 5.41 Å². The van der Waals surface area contributed by atoms with Gasteiger partial charge in [0.2, 0.25) is 0 Å². The topological polar surface area (TPSA) is 25.2 Å². The summed E-state index contributed by atoms with van der Waals surface area (Å²) in [5, 5.41) is 3.41. The fraction of sp³-hybridized carbons (Fsp3) is 0.182. The van der Waals surface area contributed by atoms with Crippen molar-refractivity contribution in [1.29, 1.82) is 0 Å².